The second-order valence-electron chi connectivity index (χ2n) is 3.97. The number of nitriles is 1. The number of nitrogens with zero attached hydrogens (tertiary/aromatic N) is 2. The predicted molar refractivity (Wildman–Crippen MR) is 73.5 cm³/mol. The summed E-state index contributed by atoms with van der Waals surface area (Å²) in [5, 5.41) is 16.5. The number of rotatable bonds is 5. The van der Waals surface area contributed by atoms with Crippen LogP contribution >= 0.6 is 0 Å². The normalized spacial score (nSPS) is 10.2. The Kier molecular flexibility index (Phi) is 4.11. The third-order valence-electron chi connectivity index (χ3n) is 2.69. The summed E-state index contributed by atoms with van der Waals surface area (Å²) in [4.78, 5) is 4.48. The van der Waals surface area contributed by atoms with Crippen molar-refractivity contribution < 1.29 is 0 Å². The van der Waals surface area contributed by atoms with Crippen LogP contribution in [0.1, 0.15) is 12.5 Å². The number of pyridine rings is 1. The van der Waals surface area contributed by atoms with E-state index in [2.05, 4.69) is 28.6 Å². The van der Waals surface area contributed by atoms with Crippen LogP contribution in [0.25, 0.3) is 10.9 Å². The molecule has 0 atom stereocenters. The van der Waals surface area contributed by atoms with Crippen LogP contribution in [0, 0.1) is 11.3 Å². The molecular formula is C14H16N4. The van der Waals surface area contributed by atoms with Gasteiger partial charge in [0, 0.05) is 18.5 Å². The summed E-state index contributed by atoms with van der Waals surface area (Å²) in [6.07, 6.45) is 0. The van der Waals surface area contributed by atoms with E-state index >= 15 is 0 Å². The fraction of sp³-hybridized carbons (Fsp3) is 0.286. The lowest BCUT2D eigenvalue weighted by atomic mass is 10.1. The molecule has 0 unspecified atom stereocenters. The summed E-state index contributed by atoms with van der Waals surface area (Å²) in [5.41, 5.74) is 1.49. The van der Waals surface area contributed by atoms with Crippen molar-refractivity contribution in [3.63, 3.8) is 0 Å². The maximum atomic E-state index is 9.13. The highest BCUT2D eigenvalue weighted by Crippen LogP contribution is 2.19. The van der Waals surface area contributed by atoms with Crippen molar-refractivity contribution in [2.45, 2.75) is 6.92 Å². The Morgan fingerprint density at radius 3 is 2.89 bits per heavy atom. The minimum Gasteiger partial charge on any atom is -0.368 e. The number of nitrogens with one attached hydrogen (secondary N) is 2. The largest absolute Gasteiger partial charge is 0.368 e. The summed E-state index contributed by atoms with van der Waals surface area (Å²) < 4.78 is 0. The van der Waals surface area contributed by atoms with Gasteiger partial charge >= 0.3 is 0 Å². The van der Waals surface area contributed by atoms with Gasteiger partial charge in [-0.3, -0.25) is 0 Å². The zero-order valence-corrected chi connectivity index (χ0v) is 10.4. The topological polar surface area (TPSA) is 60.7 Å². The minimum atomic E-state index is 0.588. The van der Waals surface area contributed by atoms with E-state index in [1.54, 1.807) is 0 Å². The average molecular weight is 240 g/mol. The summed E-state index contributed by atoms with van der Waals surface area (Å²) in [5.74, 6) is 0.661. The second-order valence-corrected chi connectivity index (χ2v) is 3.97. The first-order valence-corrected chi connectivity index (χ1v) is 6.09. The fourth-order valence-electron chi connectivity index (χ4n) is 1.78. The quantitative estimate of drug-likeness (QED) is 0.786. The van der Waals surface area contributed by atoms with Gasteiger partial charge in [0.25, 0.3) is 0 Å². The summed E-state index contributed by atoms with van der Waals surface area (Å²) in [6, 6.07) is 11.9. The number of anilines is 1. The van der Waals surface area contributed by atoms with Crippen LogP contribution in [0.5, 0.6) is 0 Å². The number of fused-ring (bicyclic) bond motifs is 1. The molecule has 92 valence electrons. The zero-order valence-electron chi connectivity index (χ0n) is 10.4. The Hall–Kier alpha value is -2.12. The van der Waals surface area contributed by atoms with E-state index in [0.717, 1.165) is 30.5 Å². The highest BCUT2D eigenvalue weighted by molar-refractivity contribution is 5.82. The Bertz CT molecular complexity index is 572. The van der Waals surface area contributed by atoms with E-state index < -0.39 is 0 Å². The van der Waals surface area contributed by atoms with E-state index in [0.29, 0.717) is 11.4 Å². The van der Waals surface area contributed by atoms with Gasteiger partial charge in [0.1, 0.15) is 11.9 Å². The molecular weight excluding hydrogens is 224 g/mol. The van der Waals surface area contributed by atoms with Crippen molar-refractivity contribution in [2.24, 2.45) is 0 Å². The minimum absolute atomic E-state index is 0.588. The van der Waals surface area contributed by atoms with Crippen LogP contribution in [0.15, 0.2) is 30.3 Å². The predicted octanol–water partition coefficient (Wildman–Crippen LogP) is 2.13. The van der Waals surface area contributed by atoms with Gasteiger partial charge in [-0.15, -0.1) is 0 Å². The molecule has 0 radical (unpaired) electrons. The van der Waals surface area contributed by atoms with Crippen molar-refractivity contribution in [3.8, 4) is 6.07 Å². The van der Waals surface area contributed by atoms with Gasteiger partial charge in [-0.1, -0.05) is 25.1 Å². The van der Waals surface area contributed by atoms with Crippen molar-refractivity contribution in [3.05, 3.63) is 35.9 Å². The number of hydrogen-bond acceptors (Lipinski definition) is 4. The van der Waals surface area contributed by atoms with E-state index in [1.807, 2.05) is 30.3 Å². The smallest absolute Gasteiger partial charge is 0.144 e. The molecule has 2 aromatic rings. The van der Waals surface area contributed by atoms with Gasteiger partial charge in [-0.05, 0) is 18.7 Å². The first-order valence-electron chi connectivity index (χ1n) is 6.09. The van der Waals surface area contributed by atoms with Gasteiger partial charge in [0.2, 0.25) is 0 Å². The molecule has 0 amide bonds. The summed E-state index contributed by atoms with van der Waals surface area (Å²) >= 11 is 0. The van der Waals surface area contributed by atoms with Crippen molar-refractivity contribution >= 4 is 16.7 Å². The number of likely N-dealkylation sites (N-methyl/N-ethyl adjacent to an activating group) is 1. The third-order valence-corrected chi connectivity index (χ3v) is 2.69. The molecule has 0 spiro atoms. The number of benzene rings is 1. The molecule has 1 aromatic heterocycles. The van der Waals surface area contributed by atoms with Crippen LogP contribution in [-0.4, -0.2) is 24.6 Å². The van der Waals surface area contributed by atoms with Crippen LogP contribution in [0.2, 0.25) is 0 Å². The molecule has 0 aliphatic heterocycles. The summed E-state index contributed by atoms with van der Waals surface area (Å²) in [6.45, 7) is 4.62. The van der Waals surface area contributed by atoms with Crippen LogP contribution in [-0.2, 0) is 0 Å². The van der Waals surface area contributed by atoms with Gasteiger partial charge in [-0.2, -0.15) is 5.26 Å². The molecule has 0 aliphatic carbocycles. The van der Waals surface area contributed by atoms with Gasteiger partial charge in [-0.25, -0.2) is 4.98 Å². The fourth-order valence-corrected chi connectivity index (χ4v) is 1.78. The molecule has 0 saturated carbocycles. The van der Waals surface area contributed by atoms with E-state index in [-0.39, 0.29) is 0 Å². The molecule has 0 bridgehead atoms. The second kappa shape index (κ2) is 5.99. The zero-order chi connectivity index (χ0) is 12.8. The van der Waals surface area contributed by atoms with E-state index in [1.165, 1.54) is 0 Å². The maximum absolute atomic E-state index is 9.13. The van der Waals surface area contributed by atoms with Crippen LogP contribution in [0.4, 0.5) is 5.82 Å². The highest BCUT2D eigenvalue weighted by atomic mass is 15.0. The molecule has 2 rings (SSSR count). The van der Waals surface area contributed by atoms with Crippen molar-refractivity contribution in [1.29, 1.82) is 5.26 Å². The molecule has 2 N–H and O–H groups in total. The Morgan fingerprint density at radius 1 is 1.28 bits per heavy atom. The van der Waals surface area contributed by atoms with Crippen molar-refractivity contribution in [2.75, 3.05) is 25.0 Å². The van der Waals surface area contributed by atoms with E-state index in [4.69, 9.17) is 5.26 Å². The van der Waals surface area contributed by atoms with Crippen LogP contribution < -0.4 is 10.6 Å². The standard InChI is InChI=1S/C14H16N4/c1-2-16-7-8-17-14-12(10-15)9-11-5-3-4-6-13(11)18-14/h3-6,9,16H,2,7-8H2,1H3,(H,17,18). The van der Waals surface area contributed by atoms with Crippen LogP contribution in [0.3, 0.4) is 0 Å². The molecule has 1 aromatic carbocycles. The lowest BCUT2D eigenvalue weighted by Gasteiger charge is -2.08. The maximum Gasteiger partial charge on any atom is 0.144 e. The number of aromatic nitrogens is 1. The molecule has 1 heterocycles. The number of para-hydroxylation sites is 1. The van der Waals surface area contributed by atoms with Crippen molar-refractivity contribution in [1.82, 2.24) is 10.3 Å². The van der Waals surface area contributed by atoms with Gasteiger partial charge in [0.15, 0.2) is 0 Å². The third kappa shape index (κ3) is 2.76. The molecule has 0 saturated heterocycles. The first kappa shape index (κ1) is 12.3. The molecule has 4 heteroatoms. The molecule has 4 nitrogen and oxygen atoms in total. The molecule has 0 aliphatic rings. The SMILES string of the molecule is CCNCCNc1nc2ccccc2cc1C#N. The van der Waals surface area contributed by atoms with E-state index in [9.17, 15) is 0 Å². The number of hydrogen-bond donors (Lipinski definition) is 2. The highest BCUT2D eigenvalue weighted by Gasteiger charge is 2.05. The summed E-state index contributed by atoms with van der Waals surface area (Å²) in [7, 11) is 0. The van der Waals surface area contributed by atoms with Gasteiger partial charge in [0.05, 0.1) is 11.1 Å². The Morgan fingerprint density at radius 2 is 2.11 bits per heavy atom. The Balaban J connectivity index is 2.23. The lowest BCUT2D eigenvalue weighted by molar-refractivity contribution is 0.738. The average Bonchev–Trinajstić information content (AvgIpc) is 2.42. The van der Waals surface area contributed by atoms with Gasteiger partial charge < -0.3 is 10.6 Å². The molecule has 18 heavy (non-hydrogen) atoms. The Labute approximate surface area is 107 Å². The lowest BCUT2D eigenvalue weighted by Crippen LogP contribution is -2.22. The monoisotopic (exact) mass is 240 g/mol. The molecule has 0 fully saturated rings. The first-order chi connectivity index (χ1) is 8.85.